The molecule has 1 heterocycles. The molecule has 1 aliphatic heterocycles. The van der Waals surface area contributed by atoms with Crippen molar-refractivity contribution in [2.75, 3.05) is 39.3 Å². The lowest BCUT2D eigenvalue weighted by atomic mass is 10.1. The highest BCUT2D eigenvalue weighted by molar-refractivity contribution is 5.79. The molecule has 1 aliphatic rings. The second kappa shape index (κ2) is 8.54. The fourth-order valence-electron chi connectivity index (χ4n) is 2.29. The summed E-state index contributed by atoms with van der Waals surface area (Å²) in [6.07, 6.45) is 2.24. The third-order valence-corrected chi connectivity index (χ3v) is 3.58. The third-order valence-electron chi connectivity index (χ3n) is 3.58. The molecule has 1 rings (SSSR count). The lowest BCUT2D eigenvalue weighted by Crippen LogP contribution is -2.51. The maximum Gasteiger partial charge on any atom is 0.236 e. The van der Waals surface area contributed by atoms with Gasteiger partial charge in [-0.25, -0.2) is 0 Å². The van der Waals surface area contributed by atoms with Crippen LogP contribution in [0.15, 0.2) is 0 Å². The van der Waals surface area contributed by atoms with Gasteiger partial charge in [-0.15, -0.1) is 0 Å². The summed E-state index contributed by atoms with van der Waals surface area (Å²) in [6, 6.07) is 0.531. The van der Waals surface area contributed by atoms with Crippen LogP contribution in [0.25, 0.3) is 0 Å². The molecule has 0 unspecified atom stereocenters. The van der Waals surface area contributed by atoms with Crippen molar-refractivity contribution in [1.29, 1.82) is 0 Å². The molecule has 0 aromatic heterocycles. The van der Waals surface area contributed by atoms with Crippen LogP contribution in [-0.2, 0) is 4.79 Å². The summed E-state index contributed by atoms with van der Waals surface area (Å²) in [5, 5.41) is 3.39. The van der Waals surface area contributed by atoms with E-state index < -0.39 is 0 Å². The summed E-state index contributed by atoms with van der Waals surface area (Å²) < 4.78 is 0. The Kier molecular flexibility index (Phi) is 7.39. The van der Waals surface area contributed by atoms with Gasteiger partial charge in [-0.05, 0) is 31.8 Å². The van der Waals surface area contributed by atoms with Crippen molar-refractivity contribution < 1.29 is 4.79 Å². The number of rotatable bonds is 8. The number of nitrogens with zero attached hydrogens (tertiary/aromatic N) is 2. The number of carbonyl (C=O) groups is 1. The van der Waals surface area contributed by atoms with E-state index in [9.17, 15) is 4.79 Å². The summed E-state index contributed by atoms with van der Waals surface area (Å²) in [7, 11) is 0. The first kappa shape index (κ1) is 16.4. The van der Waals surface area contributed by atoms with E-state index in [4.69, 9.17) is 0 Å². The van der Waals surface area contributed by atoms with Crippen LogP contribution < -0.4 is 5.32 Å². The van der Waals surface area contributed by atoms with E-state index in [0.717, 1.165) is 45.1 Å². The Morgan fingerprint density at radius 3 is 2.47 bits per heavy atom. The second-order valence-corrected chi connectivity index (χ2v) is 6.30. The van der Waals surface area contributed by atoms with Gasteiger partial charge in [-0.1, -0.05) is 27.7 Å². The highest BCUT2D eigenvalue weighted by Gasteiger charge is 2.22. The maximum absolute atomic E-state index is 12.0. The third kappa shape index (κ3) is 6.92. The molecule has 0 aromatic carbocycles. The molecule has 4 nitrogen and oxygen atoms in total. The van der Waals surface area contributed by atoms with Gasteiger partial charge in [-0.3, -0.25) is 9.69 Å². The first-order valence-corrected chi connectivity index (χ1v) is 7.72. The Morgan fingerprint density at radius 1 is 1.16 bits per heavy atom. The van der Waals surface area contributed by atoms with E-state index in [0.29, 0.717) is 18.5 Å². The second-order valence-electron chi connectivity index (χ2n) is 6.30. The van der Waals surface area contributed by atoms with E-state index >= 15 is 0 Å². The molecule has 19 heavy (non-hydrogen) atoms. The molecule has 1 N–H and O–H groups in total. The zero-order chi connectivity index (χ0) is 14.3. The smallest absolute Gasteiger partial charge is 0.236 e. The van der Waals surface area contributed by atoms with Crippen molar-refractivity contribution in [3.05, 3.63) is 0 Å². The molecule has 0 aromatic rings. The lowest BCUT2D eigenvalue weighted by Gasteiger charge is -2.34. The SMILES string of the molecule is CC(C)CCN1CCN(CCCNC(C)C)C(=O)C1. The lowest BCUT2D eigenvalue weighted by molar-refractivity contribution is -0.136. The van der Waals surface area contributed by atoms with Crippen molar-refractivity contribution in [2.45, 2.75) is 46.6 Å². The van der Waals surface area contributed by atoms with E-state index in [1.54, 1.807) is 0 Å². The zero-order valence-electron chi connectivity index (χ0n) is 13.1. The Bertz CT molecular complexity index is 266. The quantitative estimate of drug-likeness (QED) is 0.679. The van der Waals surface area contributed by atoms with Gasteiger partial charge >= 0.3 is 0 Å². The number of amides is 1. The van der Waals surface area contributed by atoms with Crippen LogP contribution in [0.3, 0.4) is 0 Å². The average molecular weight is 269 g/mol. The maximum atomic E-state index is 12.0. The van der Waals surface area contributed by atoms with Crippen molar-refractivity contribution in [1.82, 2.24) is 15.1 Å². The van der Waals surface area contributed by atoms with Crippen LogP contribution in [0.1, 0.15) is 40.5 Å². The van der Waals surface area contributed by atoms with E-state index in [1.807, 2.05) is 4.90 Å². The Labute approximate surface area is 118 Å². The van der Waals surface area contributed by atoms with Gasteiger partial charge < -0.3 is 10.2 Å². The van der Waals surface area contributed by atoms with Crippen molar-refractivity contribution >= 4 is 5.91 Å². The Hall–Kier alpha value is -0.610. The summed E-state index contributed by atoms with van der Waals surface area (Å²) in [5.74, 6) is 1.02. The molecule has 4 heteroatoms. The predicted octanol–water partition coefficient (Wildman–Crippen LogP) is 1.56. The molecule has 112 valence electrons. The number of hydrogen-bond acceptors (Lipinski definition) is 3. The fourth-order valence-corrected chi connectivity index (χ4v) is 2.29. The van der Waals surface area contributed by atoms with Crippen LogP contribution in [0.5, 0.6) is 0 Å². The number of carbonyl (C=O) groups excluding carboxylic acids is 1. The van der Waals surface area contributed by atoms with Crippen LogP contribution >= 0.6 is 0 Å². The van der Waals surface area contributed by atoms with Crippen molar-refractivity contribution in [3.63, 3.8) is 0 Å². The molecule has 0 atom stereocenters. The minimum Gasteiger partial charge on any atom is -0.340 e. The minimum absolute atomic E-state index is 0.305. The van der Waals surface area contributed by atoms with Crippen molar-refractivity contribution in [3.8, 4) is 0 Å². The van der Waals surface area contributed by atoms with Gasteiger partial charge in [0.25, 0.3) is 0 Å². The largest absolute Gasteiger partial charge is 0.340 e. The number of piperazine rings is 1. The summed E-state index contributed by atoms with van der Waals surface area (Å²) in [4.78, 5) is 16.4. The van der Waals surface area contributed by atoms with Crippen LogP contribution in [0.4, 0.5) is 0 Å². The monoisotopic (exact) mass is 269 g/mol. The molecule has 0 bridgehead atoms. The minimum atomic E-state index is 0.305. The van der Waals surface area contributed by atoms with E-state index in [-0.39, 0.29) is 0 Å². The number of nitrogens with one attached hydrogen (secondary N) is 1. The molecule has 1 amide bonds. The predicted molar refractivity (Wildman–Crippen MR) is 80.2 cm³/mol. The van der Waals surface area contributed by atoms with Crippen molar-refractivity contribution in [2.24, 2.45) is 5.92 Å². The van der Waals surface area contributed by atoms with E-state index in [2.05, 4.69) is 37.9 Å². The van der Waals surface area contributed by atoms with Gasteiger partial charge in [-0.2, -0.15) is 0 Å². The first-order chi connectivity index (χ1) is 8.99. The van der Waals surface area contributed by atoms with Gasteiger partial charge in [0.15, 0.2) is 0 Å². The van der Waals surface area contributed by atoms with E-state index in [1.165, 1.54) is 6.42 Å². The van der Waals surface area contributed by atoms with Crippen LogP contribution in [0, 0.1) is 5.92 Å². The summed E-state index contributed by atoms with van der Waals surface area (Å²) in [5.41, 5.74) is 0. The summed E-state index contributed by atoms with van der Waals surface area (Å²) in [6.45, 7) is 14.3. The molecular formula is C15H31N3O. The van der Waals surface area contributed by atoms with Gasteiger partial charge in [0, 0.05) is 25.7 Å². The van der Waals surface area contributed by atoms with Gasteiger partial charge in [0.05, 0.1) is 6.54 Å². The molecule has 0 spiro atoms. The molecule has 0 aliphatic carbocycles. The van der Waals surface area contributed by atoms with Gasteiger partial charge in [0.2, 0.25) is 5.91 Å². The highest BCUT2D eigenvalue weighted by atomic mass is 16.2. The molecule has 1 fully saturated rings. The fraction of sp³-hybridized carbons (Fsp3) is 0.933. The number of hydrogen-bond donors (Lipinski definition) is 1. The van der Waals surface area contributed by atoms with Crippen LogP contribution in [-0.4, -0.2) is 61.0 Å². The average Bonchev–Trinajstić information content (AvgIpc) is 2.33. The zero-order valence-corrected chi connectivity index (χ0v) is 13.1. The molecule has 0 saturated carbocycles. The molecular weight excluding hydrogens is 238 g/mol. The normalized spacial score (nSPS) is 17.8. The molecule has 1 saturated heterocycles. The standard InChI is InChI=1S/C15H31N3O/c1-13(2)6-9-17-10-11-18(15(19)12-17)8-5-7-16-14(3)4/h13-14,16H,5-12H2,1-4H3. The molecule has 0 radical (unpaired) electrons. The van der Waals surface area contributed by atoms with Gasteiger partial charge in [0.1, 0.15) is 0 Å². The topological polar surface area (TPSA) is 35.6 Å². The Balaban J connectivity index is 2.17. The van der Waals surface area contributed by atoms with Crippen LogP contribution in [0.2, 0.25) is 0 Å². The Morgan fingerprint density at radius 2 is 1.89 bits per heavy atom. The highest BCUT2D eigenvalue weighted by Crippen LogP contribution is 2.07. The summed E-state index contributed by atoms with van der Waals surface area (Å²) >= 11 is 0. The first-order valence-electron chi connectivity index (χ1n) is 7.72.